The molecule has 292 valence electrons. The minimum absolute atomic E-state index is 0.00208. The summed E-state index contributed by atoms with van der Waals surface area (Å²) in [5.74, 6) is 5.18. The number of pyridine rings is 1. The highest BCUT2D eigenvalue weighted by atomic mass is 19.4. The van der Waals surface area contributed by atoms with Gasteiger partial charge in [-0.2, -0.15) is 13.2 Å². The molecule has 0 bridgehead atoms. The number of likely N-dealkylation sites (N-methyl/N-ethyl adjacent to an activating group) is 1. The molecule has 1 aliphatic rings. The van der Waals surface area contributed by atoms with Gasteiger partial charge in [0.2, 0.25) is 5.91 Å². The first-order valence-corrected chi connectivity index (χ1v) is 17.5. The van der Waals surface area contributed by atoms with E-state index in [1.165, 1.54) is 25.3 Å². The molecule has 0 fully saturated rings. The zero-order valence-electron chi connectivity index (χ0n) is 30.4. The number of methoxy groups -OCH3 is 1. The van der Waals surface area contributed by atoms with Crippen LogP contribution >= 0.6 is 0 Å². The number of anilines is 3. The first-order chi connectivity index (χ1) is 26.8. The highest BCUT2D eigenvalue weighted by Crippen LogP contribution is 2.32. The van der Waals surface area contributed by atoms with Crippen LogP contribution in [0.4, 0.5) is 34.6 Å². The lowest BCUT2D eigenvalue weighted by Crippen LogP contribution is -2.46. The number of aliphatic hydroxyl groups excluding tert-OH is 1. The van der Waals surface area contributed by atoms with E-state index in [-0.39, 0.29) is 43.4 Å². The SMILES string of the molecule is COc1ccc(C(=O)NCC(Oc2ccc3c(c2)N(C)CC(=O)NC(CO)C3)c2ccc(F)cn2)cc1NCC#Cc1cc2c(N)cccc2n1CC(F)(F)F. The molecule has 1 aliphatic heterocycles. The molecule has 0 radical (unpaired) electrons. The molecular weight excluding hydrogens is 734 g/mol. The summed E-state index contributed by atoms with van der Waals surface area (Å²) >= 11 is 0. The Hall–Kier alpha value is -6.47. The number of carbonyl (C=O) groups excluding carboxylic acids is 2. The number of ether oxygens (including phenoxy) is 2. The Labute approximate surface area is 319 Å². The molecule has 6 N–H and O–H groups in total. The van der Waals surface area contributed by atoms with E-state index in [0.717, 1.165) is 22.0 Å². The van der Waals surface area contributed by atoms with Gasteiger partial charge in [0.15, 0.2) is 6.10 Å². The van der Waals surface area contributed by atoms with Crippen LogP contribution < -0.4 is 36.1 Å². The molecule has 2 amide bonds. The van der Waals surface area contributed by atoms with Crippen LogP contribution in [-0.4, -0.2) is 79.1 Å². The van der Waals surface area contributed by atoms with E-state index in [4.69, 9.17) is 15.2 Å². The van der Waals surface area contributed by atoms with Crippen LogP contribution in [0.25, 0.3) is 10.9 Å². The number of nitrogens with two attached hydrogens (primary N) is 1. The largest absolute Gasteiger partial charge is 0.495 e. The molecule has 0 saturated heterocycles. The van der Waals surface area contributed by atoms with Crippen LogP contribution in [0.1, 0.15) is 33.4 Å². The maximum Gasteiger partial charge on any atom is 0.406 e. The van der Waals surface area contributed by atoms with Crippen molar-refractivity contribution in [3.8, 4) is 23.3 Å². The normalized spacial score (nSPS) is 14.7. The van der Waals surface area contributed by atoms with Crippen molar-refractivity contribution in [1.29, 1.82) is 0 Å². The summed E-state index contributed by atoms with van der Waals surface area (Å²) in [4.78, 5) is 31.9. The van der Waals surface area contributed by atoms with Crippen LogP contribution in [-0.2, 0) is 17.8 Å². The lowest BCUT2D eigenvalue weighted by atomic mass is 10.0. The fraction of sp³-hybridized carbons (Fsp3) is 0.275. The van der Waals surface area contributed by atoms with Gasteiger partial charge in [-0.3, -0.25) is 14.6 Å². The summed E-state index contributed by atoms with van der Waals surface area (Å²) in [6, 6.07) is 18.5. The topological polar surface area (TPSA) is 156 Å². The van der Waals surface area contributed by atoms with Crippen molar-refractivity contribution in [2.45, 2.75) is 31.3 Å². The highest BCUT2D eigenvalue weighted by Gasteiger charge is 2.30. The molecule has 2 atom stereocenters. The number of nitrogens with one attached hydrogen (secondary N) is 3. The third kappa shape index (κ3) is 9.42. The van der Waals surface area contributed by atoms with Crippen molar-refractivity contribution in [2.75, 3.05) is 56.3 Å². The number of carbonyl (C=O) groups is 2. The second-order valence-corrected chi connectivity index (χ2v) is 13.1. The summed E-state index contributed by atoms with van der Waals surface area (Å²) in [6.07, 6.45) is -3.90. The Morgan fingerprint density at radius 1 is 1.14 bits per heavy atom. The predicted molar refractivity (Wildman–Crippen MR) is 203 cm³/mol. The van der Waals surface area contributed by atoms with Crippen molar-refractivity contribution in [1.82, 2.24) is 20.2 Å². The number of hydrogen-bond acceptors (Lipinski definition) is 9. The van der Waals surface area contributed by atoms with Crippen molar-refractivity contribution in [2.24, 2.45) is 0 Å². The van der Waals surface area contributed by atoms with Crippen molar-refractivity contribution < 1.29 is 41.7 Å². The molecule has 0 saturated carbocycles. The standard InChI is InChI=1S/C40H39F4N7O5/c1-50-21-38(53)49-27(22-52)15-24-8-11-29(18-35(24)50)56-37(32-12-10-26(41)19-47-32)20-48-39(54)25-9-13-36(55-2)33(16-25)46-14-4-5-28-17-30-31(45)6-3-7-34(30)51(28)23-40(42,43)44/h3,6-13,16-19,27,37,46,52H,14-15,20-23,45H2,1-2H3,(H,48,54)(H,49,53). The predicted octanol–water partition coefficient (Wildman–Crippen LogP) is 4.81. The Bertz CT molecular complexity index is 2290. The van der Waals surface area contributed by atoms with Crippen molar-refractivity contribution in [3.05, 3.63) is 107 Å². The monoisotopic (exact) mass is 773 g/mol. The molecule has 5 aromatic rings. The number of aromatic nitrogens is 2. The molecule has 0 aliphatic carbocycles. The van der Waals surface area contributed by atoms with Gasteiger partial charge in [0, 0.05) is 35.4 Å². The first-order valence-electron chi connectivity index (χ1n) is 17.5. The van der Waals surface area contributed by atoms with Gasteiger partial charge in [-0.25, -0.2) is 4.39 Å². The molecule has 6 rings (SSSR count). The van der Waals surface area contributed by atoms with E-state index in [1.807, 2.05) is 6.07 Å². The number of nitrogen functional groups attached to an aromatic ring is 1. The lowest BCUT2D eigenvalue weighted by molar-refractivity contribution is -0.140. The smallest absolute Gasteiger partial charge is 0.406 e. The molecule has 16 heteroatoms. The number of halogens is 4. The highest BCUT2D eigenvalue weighted by molar-refractivity contribution is 5.96. The van der Waals surface area contributed by atoms with Gasteiger partial charge in [0.1, 0.15) is 23.9 Å². The van der Waals surface area contributed by atoms with E-state index in [2.05, 4.69) is 32.8 Å². The van der Waals surface area contributed by atoms with Gasteiger partial charge in [-0.15, -0.1) is 0 Å². The molecule has 12 nitrogen and oxygen atoms in total. The fourth-order valence-electron chi connectivity index (χ4n) is 6.40. The number of aliphatic hydroxyl groups is 1. The Kier molecular flexibility index (Phi) is 11.8. The summed E-state index contributed by atoms with van der Waals surface area (Å²) in [5.41, 5.74) is 9.41. The average Bonchev–Trinajstić information content (AvgIpc) is 3.51. The lowest BCUT2D eigenvalue weighted by Gasteiger charge is -2.29. The van der Waals surface area contributed by atoms with Crippen molar-refractivity contribution in [3.63, 3.8) is 0 Å². The van der Waals surface area contributed by atoms with Crippen molar-refractivity contribution >= 4 is 39.8 Å². The third-order valence-electron chi connectivity index (χ3n) is 9.07. The molecule has 56 heavy (non-hydrogen) atoms. The zero-order valence-corrected chi connectivity index (χ0v) is 30.4. The molecule has 3 heterocycles. The third-order valence-corrected chi connectivity index (χ3v) is 9.07. The van der Waals surface area contributed by atoms with Crippen LogP contribution in [0.2, 0.25) is 0 Å². The maximum absolute atomic E-state index is 13.8. The number of alkyl halides is 3. The number of rotatable bonds is 11. The van der Waals surface area contributed by atoms with Crippen LogP contribution in [0.5, 0.6) is 11.5 Å². The van der Waals surface area contributed by atoms with E-state index < -0.39 is 36.6 Å². The number of hydrogen-bond donors (Lipinski definition) is 5. The number of amides is 2. The van der Waals surface area contributed by atoms with Gasteiger partial charge in [0.05, 0.1) is 68.2 Å². The van der Waals surface area contributed by atoms with Crippen LogP contribution in [0.15, 0.2) is 79.0 Å². The number of nitrogens with zero attached hydrogens (tertiary/aromatic N) is 3. The second-order valence-electron chi connectivity index (χ2n) is 13.1. The van der Waals surface area contributed by atoms with E-state index >= 15 is 0 Å². The molecule has 2 aromatic heterocycles. The van der Waals surface area contributed by atoms with Crippen LogP contribution in [0, 0.1) is 17.7 Å². The Morgan fingerprint density at radius 3 is 2.70 bits per heavy atom. The summed E-state index contributed by atoms with van der Waals surface area (Å²) < 4.78 is 67.0. The van der Waals surface area contributed by atoms with Gasteiger partial charge in [0.25, 0.3) is 5.91 Å². The molecule has 0 spiro atoms. The number of fused-ring (bicyclic) bond motifs is 2. The summed E-state index contributed by atoms with van der Waals surface area (Å²) in [7, 11) is 3.21. The summed E-state index contributed by atoms with van der Waals surface area (Å²) in [6.45, 7) is -1.47. The van der Waals surface area contributed by atoms with Gasteiger partial charge in [-0.1, -0.05) is 18.1 Å². The van der Waals surface area contributed by atoms with Gasteiger partial charge in [-0.05, 0) is 72.5 Å². The second kappa shape index (κ2) is 16.9. The maximum atomic E-state index is 13.8. The van der Waals surface area contributed by atoms with Crippen LogP contribution in [0.3, 0.4) is 0 Å². The molecule has 3 aromatic carbocycles. The summed E-state index contributed by atoms with van der Waals surface area (Å²) in [5, 5.41) is 18.9. The van der Waals surface area contributed by atoms with Gasteiger partial charge < -0.3 is 45.7 Å². The minimum atomic E-state index is -4.48. The van der Waals surface area contributed by atoms with E-state index in [9.17, 15) is 32.3 Å². The van der Waals surface area contributed by atoms with Gasteiger partial charge >= 0.3 is 6.18 Å². The fourth-order valence-corrected chi connectivity index (χ4v) is 6.40. The Morgan fingerprint density at radius 2 is 1.96 bits per heavy atom. The number of benzene rings is 3. The van der Waals surface area contributed by atoms with E-state index in [1.54, 1.807) is 60.5 Å². The minimum Gasteiger partial charge on any atom is -0.495 e. The first kappa shape index (κ1) is 39.2. The zero-order chi connectivity index (χ0) is 40.0. The van der Waals surface area contributed by atoms with E-state index in [0.29, 0.717) is 45.9 Å². The Balaban J connectivity index is 1.18. The molecular formula is C40H39F4N7O5. The molecule has 2 unspecified atom stereocenters. The quantitative estimate of drug-likeness (QED) is 0.0723. The average molecular weight is 774 g/mol.